The van der Waals surface area contributed by atoms with E-state index in [1.807, 2.05) is 25.9 Å². The van der Waals surface area contributed by atoms with Gasteiger partial charge in [-0.15, -0.1) is 0 Å². The van der Waals surface area contributed by atoms with Crippen molar-refractivity contribution in [3.8, 4) is 0 Å². The zero-order valence-corrected chi connectivity index (χ0v) is 8.99. The van der Waals surface area contributed by atoms with Crippen LogP contribution in [0.5, 0.6) is 0 Å². The molecule has 0 rings (SSSR count). The summed E-state index contributed by atoms with van der Waals surface area (Å²) in [6.07, 6.45) is -4.60. The first-order chi connectivity index (χ1) is 6.35. The molecule has 0 fully saturated rings. The number of hydrogen-bond donors (Lipinski definition) is 1. The SMILES string of the molecule is CCNC(CCC(F)(F)F)CN(C)C. The molecule has 0 aromatic heterocycles. The zero-order chi connectivity index (χ0) is 11.2. The Morgan fingerprint density at radius 3 is 2.21 bits per heavy atom. The van der Waals surface area contributed by atoms with Crippen molar-refractivity contribution in [2.45, 2.75) is 32.0 Å². The van der Waals surface area contributed by atoms with Gasteiger partial charge in [-0.05, 0) is 27.1 Å². The zero-order valence-electron chi connectivity index (χ0n) is 8.99. The largest absolute Gasteiger partial charge is 0.389 e. The molecule has 1 N–H and O–H groups in total. The van der Waals surface area contributed by atoms with Crippen LogP contribution in [-0.2, 0) is 0 Å². The summed E-state index contributed by atoms with van der Waals surface area (Å²) in [6.45, 7) is 3.25. The summed E-state index contributed by atoms with van der Waals surface area (Å²) in [5.41, 5.74) is 0. The summed E-state index contributed by atoms with van der Waals surface area (Å²) in [5, 5.41) is 3.04. The smallest absolute Gasteiger partial charge is 0.313 e. The second-order valence-electron chi connectivity index (χ2n) is 3.67. The van der Waals surface area contributed by atoms with Crippen molar-refractivity contribution in [2.75, 3.05) is 27.2 Å². The maximum Gasteiger partial charge on any atom is 0.389 e. The minimum Gasteiger partial charge on any atom is -0.313 e. The Bertz CT molecular complexity index is 145. The number of halogens is 3. The van der Waals surface area contributed by atoms with Crippen molar-refractivity contribution in [3.63, 3.8) is 0 Å². The predicted molar refractivity (Wildman–Crippen MR) is 51.3 cm³/mol. The molecule has 1 atom stereocenters. The van der Waals surface area contributed by atoms with Crippen LogP contribution in [0, 0.1) is 0 Å². The first kappa shape index (κ1) is 13.7. The van der Waals surface area contributed by atoms with E-state index in [1.165, 1.54) is 0 Å². The van der Waals surface area contributed by atoms with Crippen LogP contribution in [0.25, 0.3) is 0 Å². The highest BCUT2D eigenvalue weighted by atomic mass is 19.4. The molecule has 0 heterocycles. The highest BCUT2D eigenvalue weighted by molar-refractivity contribution is 4.70. The van der Waals surface area contributed by atoms with Crippen LogP contribution >= 0.6 is 0 Å². The van der Waals surface area contributed by atoms with E-state index >= 15 is 0 Å². The Hall–Kier alpha value is -0.290. The van der Waals surface area contributed by atoms with E-state index in [4.69, 9.17) is 0 Å². The van der Waals surface area contributed by atoms with Gasteiger partial charge in [0.05, 0.1) is 0 Å². The Balaban J connectivity index is 3.84. The molecule has 0 aliphatic rings. The Kier molecular flexibility index (Phi) is 6.11. The highest BCUT2D eigenvalue weighted by Gasteiger charge is 2.28. The van der Waals surface area contributed by atoms with Crippen LogP contribution in [0.2, 0.25) is 0 Å². The minimum atomic E-state index is -4.04. The molecule has 2 nitrogen and oxygen atoms in total. The fraction of sp³-hybridized carbons (Fsp3) is 1.00. The van der Waals surface area contributed by atoms with Gasteiger partial charge < -0.3 is 10.2 Å². The molecule has 0 saturated heterocycles. The summed E-state index contributed by atoms with van der Waals surface area (Å²) in [7, 11) is 3.72. The molecular formula is C9H19F3N2. The second-order valence-corrected chi connectivity index (χ2v) is 3.67. The van der Waals surface area contributed by atoms with Crippen LogP contribution < -0.4 is 5.32 Å². The summed E-state index contributed by atoms with van der Waals surface area (Å²) >= 11 is 0. The predicted octanol–water partition coefficient (Wildman–Crippen LogP) is 1.87. The third kappa shape index (κ3) is 8.31. The monoisotopic (exact) mass is 212 g/mol. The van der Waals surface area contributed by atoms with Crippen LogP contribution in [0.3, 0.4) is 0 Å². The molecule has 0 aliphatic carbocycles. The van der Waals surface area contributed by atoms with Gasteiger partial charge in [0, 0.05) is 19.0 Å². The normalized spacial score (nSPS) is 14.8. The molecule has 5 heteroatoms. The number of hydrogen-bond acceptors (Lipinski definition) is 2. The van der Waals surface area contributed by atoms with Gasteiger partial charge in [0.25, 0.3) is 0 Å². The van der Waals surface area contributed by atoms with Gasteiger partial charge in [-0.25, -0.2) is 0 Å². The maximum atomic E-state index is 12.0. The van der Waals surface area contributed by atoms with E-state index in [2.05, 4.69) is 5.32 Å². The van der Waals surface area contributed by atoms with E-state index in [9.17, 15) is 13.2 Å². The number of likely N-dealkylation sites (N-methyl/N-ethyl adjacent to an activating group) is 2. The van der Waals surface area contributed by atoms with Crippen LogP contribution in [0.1, 0.15) is 19.8 Å². The lowest BCUT2D eigenvalue weighted by molar-refractivity contribution is -0.136. The summed E-state index contributed by atoms with van der Waals surface area (Å²) in [4.78, 5) is 1.89. The summed E-state index contributed by atoms with van der Waals surface area (Å²) in [6, 6.07) is -0.0726. The van der Waals surface area contributed by atoms with Gasteiger partial charge in [-0.3, -0.25) is 0 Å². The van der Waals surface area contributed by atoms with E-state index < -0.39 is 12.6 Å². The maximum absolute atomic E-state index is 12.0. The standard InChI is InChI=1S/C9H19F3N2/c1-4-13-8(7-14(2)3)5-6-9(10,11)12/h8,13H,4-7H2,1-3H3. The van der Waals surface area contributed by atoms with Gasteiger partial charge in [0.2, 0.25) is 0 Å². The molecule has 0 amide bonds. The van der Waals surface area contributed by atoms with E-state index in [1.54, 1.807) is 0 Å². The summed E-state index contributed by atoms with van der Waals surface area (Å²) in [5.74, 6) is 0. The fourth-order valence-corrected chi connectivity index (χ4v) is 1.33. The molecular weight excluding hydrogens is 193 g/mol. The highest BCUT2D eigenvalue weighted by Crippen LogP contribution is 2.22. The van der Waals surface area contributed by atoms with Crippen LogP contribution in [0.4, 0.5) is 13.2 Å². The lowest BCUT2D eigenvalue weighted by atomic mass is 10.1. The molecule has 0 aromatic carbocycles. The van der Waals surface area contributed by atoms with E-state index in [-0.39, 0.29) is 12.5 Å². The van der Waals surface area contributed by atoms with Gasteiger partial charge in [-0.2, -0.15) is 13.2 Å². The fourth-order valence-electron chi connectivity index (χ4n) is 1.33. The Labute approximate surface area is 83.5 Å². The van der Waals surface area contributed by atoms with Gasteiger partial charge in [0.1, 0.15) is 0 Å². The lowest BCUT2D eigenvalue weighted by Gasteiger charge is -2.22. The molecule has 86 valence electrons. The molecule has 0 aliphatic heterocycles. The minimum absolute atomic E-state index is 0.0726. The first-order valence-corrected chi connectivity index (χ1v) is 4.80. The second kappa shape index (κ2) is 6.24. The molecule has 0 saturated carbocycles. The Morgan fingerprint density at radius 2 is 1.86 bits per heavy atom. The van der Waals surface area contributed by atoms with Gasteiger partial charge in [0.15, 0.2) is 0 Å². The van der Waals surface area contributed by atoms with Gasteiger partial charge in [-0.1, -0.05) is 6.92 Å². The number of nitrogens with one attached hydrogen (secondary N) is 1. The average Bonchev–Trinajstić information content (AvgIpc) is 1.98. The quantitative estimate of drug-likeness (QED) is 0.723. The van der Waals surface area contributed by atoms with Crippen molar-refractivity contribution < 1.29 is 13.2 Å². The van der Waals surface area contributed by atoms with Crippen molar-refractivity contribution in [1.29, 1.82) is 0 Å². The average molecular weight is 212 g/mol. The molecule has 0 aromatic rings. The van der Waals surface area contributed by atoms with E-state index in [0.717, 1.165) is 0 Å². The first-order valence-electron chi connectivity index (χ1n) is 4.80. The molecule has 14 heavy (non-hydrogen) atoms. The Morgan fingerprint density at radius 1 is 1.29 bits per heavy atom. The van der Waals surface area contributed by atoms with Crippen molar-refractivity contribution in [2.24, 2.45) is 0 Å². The molecule has 0 spiro atoms. The molecule has 0 radical (unpaired) electrons. The van der Waals surface area contributed by atoms with Crippen molar-refractivity contribution in [1.82, 2.24) is 10.2 Å². The van der Waals surface area contributed by atoms with Crippen molar-refractivity contribution >= 4 is 0 Å². The third-order valence-electron chi connectivity index (χ3n) is 1.85. The van der Waals surface area contributed by atoms with Gasteiger partial charge >= 0.3 is 6.18 Å². The number of rotatable bonds is 6. The molecule has 0 bridgehead atoms. The van der Waals surface area contributed by atoms with Crippen LogP contribution in [0.15, 0.2) is 0 Å². The van der Waals surface area contributed by atoms with Crippen LogP contribution in [-0.4, -0.2) is 44.3 Å². The lowest BCUT2D eigenvalue weighted by Crippen LogP contribution is -2.38. The van der Waals surface area contributed by atoms with E-state index in [0.29, 0.717) is 13.1 Å². The molecule has 1 unspecified atom stereocenters. The third-order valence-corrected chi connectivity index (χ3v) is 1.85. The topological polar surface area (TPSA) is 15.3 Å². The summed E-state index contributed by atoms with van der Waals surface area (Å²) < 4.78 is 35.9. The number of nitrogens with zero attached hydrogens (tertiary/aromatic N) is 1. The number of alkyl halides is 3. The van der Waals surface area contributed by atoms with Crippen molar-refractivity contribution in [3.05, 3.63) is 0 Å².